The number of unbranched alkanes of at least 4 members (excludes halogenated alkanes) is 49. The van der Waals surface area contributed by atoms with Crippen LogP contribution in [0, 0.1) is 0 Å². The number of hydrogen-bond acceptors (Lipinski definition) is 10. The van der Waals surface area contributed by atoms with E-state index in [4.69, 9.17) is 14.2 Å². The Labute approximate surface area is 591 Å². The van der Waals surface area contributed by atoms with Crippen LogP contribution in [0.5, 0.6) is 0 Å². The average molecular weight is 1350 g/mol. The molecule has 1 saturated heterocycles. The minimum absolute atomic E-state index is 0.000388. The normalized spacial score (nSPS) is 17.7. The summed E-state index contributed by atoms with van der Waals surface area (Å²) in [5.41, 5.74) is 0. The lowest BCUT2D eigenvalue weighted by atomic mass is 9.99. The van der Waals surface area contributed by atoms with Gasteiger partial charge in [-0.15, -0.1) is 0 Å². The van der Waals surface area contributed by atoms with E-state index < -0.39 is 49.5 Å². The summed E-state index contributed by atoms with van der Waals surface area (Å²) in [5, 5.41) is 54.6. The van der Waals surface area contributed by atoms with E-state index in [1.54, 1.807) is 6.08 Å². The highest BCUT2D eigenvalue weighted by molar-refractivity contribution is 5.76. The molecule has 11 nitrogen and oxygen atoms in total. The van der Waals surface area contributed by atoms with Gasteiger partial charge in [0.05, 0.1) is 32.0 Å². The van der Waals surface area contributed by atoms with Gasteiger partial charge in [0.1, 0.15) is 24.4 Å². The maximum absolute atomic E-state index is 13.1. The number of ether oxygens (including phenoxy) is 3. The van der Waals surface area contributed by atoms with Gasteiger partial charge in [-0.1, -0.05) is 344 Å². The van der Waals surface area contributed by atoms with Gasteiger partial charge in [-0.05, 0) is 109 Å². The Balaban J connectivity index is 1.91. The van der Waals surface area contributed by atoms with Crippen LogP contribution in [0.1, 0.15) is 393 Å². The number of nitrogens with one attached hydrogen (secondary N) is 1. The van der Waals surface area contributed by atoms with Crippen LogP contribution in [0.15, 0.2) is 72.9 Å². The summed E-state index contributed by atoms with van der Waals surface area (Å²) < 4.78 is 16.8. The van der Waals surface area contributed by atoms with Crippen molar-refractivity contribution in [1.82, 2.24) is 5.32 Å². The van der Waals surface area contributed by atoms with Crippen LogP contribution in [0.4, 0.5) is 0 Å². The highest BCUT2D eigenvalue weighted by Gasteiger charge is 2.44. The maximum Gasteiger partial charge on any atom is 0.305 e. The summed E-state index contributed by atoms with van der Waals surface area (Å²) in [6.07, 6.45) is 90.8. The standard InChI is InChI=1S/C85H155NO10/c1-3-5-7-9-11-13-15-17-44-49-53-57-61-65-69-73-81(90)94-74-70-66-62-58-54-50-46-43-41-39-37-35-33-31-29-27-25-23-21-19-20-22-24-26-28-30-32-34-36-38-40-42-45-48-52-56-60-64-68-72-80(89)86-77(76-95-85-84(93)83(92)82(91)79(75-87)96-85)78(88)71-67-63-59-55-51-47-18-16-14-12-10-8-6-4-2/h11,13,17,19-20,23,25,44,51,55,67,71,77-79,82-85,87-88,91-93H,3-10,12,14-16,18,21-22,24,26-43,45-50,52-54,56-66,68-70,72-76H2,1-2H3,(H,86,89)/b13-11-,20-19-,25-23-,44-17-,55-51+,71-67+. The Morgan fingerprint density at radius 2 is 0.708 bits per heavy atom. The van der Waals surface area contributed by atoms with Crippen LogP contribution in [0.2, 0.25) is 0 Å². The van der Waals surface area contributed by atoms with Crippen molar-refractivity contribution in [1.29, 1.82) is 0 Å². The zero-order valence-corrected chi connectivity index (χ0v) is 62.6. The highest BCUT2D eigenvalue weighted by Crippen LogP contribution is 2.24. The lowest BCUT2D eigenvalue weighted by Crippen LogP contribution is -2.60. The molecule has 0 aromatic heterocycles. The van der Waals surface area contributed by atoms with Crippen molar-refractivity contribution in [3.05, 3.63) is 72.9 Å². The van der Waals surface area contributed by atoms with Crippen molar-refractivity contribution in [2.24, 2.45) is 0 Å². The Kier molecular flexibility index (Phi) is 69.6. The maximum atomic E-state index is 13.1. The van der Waals surface area contributed by atoms with E-state index in [-0.39, 0.29) is 18.5 Å². The number of aliphatic hydroxyl groups excluding tert-OH is 5. The first kappa shape index (κ1) is 91.1. The first-order valence-electron chi connectivity index (χ1n) is 41.2. The lowest BCUT2D eigenvalue weighted by molar-refractivity contribution is -0.302. The third-order valence-corrected chi connectivity index (χ3v) is 19.3. The van der Waals surface area contributed by atoms with Crippen LogP contribution in [0.25, 0.3) is 0 Å². The molecule has 1 fully saturated rings. The molecular formula is C85H155NO10. The van der Waals surface area contributed by atoms with E-state index in [1.807, 2.05) is 6.08 Å². The van der Waals surface area contributed by atoms with Crippen LogP contribution in [-0.4, -0.2) is 100 Å². The topological polar surface area (TPSA) is 175 Å². The van der Waals surface area contributed by atoms with Crippen molar-refractivity contribution >= 4 is 11.9 Å². The molecular weight excluding hydrogens is 1190 g/mol. The SMILES string of the molecule is CCCCC/C=C\C/C=C\CCCCCCCC(=O)OCCCCCCCCCCCCCCCCC/C=C\C/C=C\CCCCCCCCCCCCCCCCCCCC(=O)NC(COC1OC(CO)C(O)C(O)C1O)C(O)/C=C/CC/C=C/CCCCCCCCCC. The van der Waals surface area contributed by atoms with Crippen LogP contribution in [0.3, 0.4) is 0 Å². The van der Waals surface area contributed by atoms with Gasteiger partial charge in [-0.2, -0.15) is 0 Å². The predicted octanol–water partition coefficient (Wildman–Crippen LogP) is 22.6. The second-order valence-corrected chi connectivity index (χ2v) is 28.5. The van der Waals surface area contributed by atoms with Gasteiger partial charge in [-0.3, -0.25) is 9.59 Å². The molecule has 7 atom stereocenters. The van der Waals surface area contributed by atoms with Gasteiger partial charge in [0, 0.05) is 12.8 Å². The van der Waals surface area contributed by atoms with E-state index in [2.05, 4.69) is 79.9 Å². The van der Waals surface area contributed by atoms with Crippen LogP contribution < -0.4 is 5.32 Å². The first-order valence-corrected chi connectivity index (χ1v) is 41.2. The fourth-order valence-corrected chi connectivity index (χ4v) is 12.8. The van der Waals surface area contributed by atoms with Gasteiger partial charge in [0.2, 0.25) is 5.91 Å². The highest BCUT2D eigenvalue weighted by atomic mass is 16.7. The molecule has 0 aliphatic carbocycles. The zero-order chi connectivity index (χ0) is 69.4. The average Bonchev–Trinajstić information content (AvgIpc) is 1.06. The molecule has 0 spiro atoms. The van der Waals surface area contributed by atoms with Crippen molar-refractivity contribution in [3.63, 3.8) is 0 Å². The molecule has 6 N–H and O–H groups in total. The van der Waals surface area contributed by atoms with Gasteiger partial charge < -0.3 is 45.1 Å². The molecule has 7 unspecified atom stereocenters. The molecule has 1 amide bonds. The van der Waals surface area contributed by atoms with Gasteiger partial charge in [0.15, 0.2) is 6.29 Å². The fraction of sp³-hybridized carbons (Fsp3) is 0.835. The second kappa shape index (κ2) is 73.3. The van der Waals surface area contributed by atoms with E-state index >= 15 is 0 Å². The molecule has 1 aliphatic heterocycles. The largest absolute Gasteiger partial charge is 0.466 e. The number of hydrogen-bond donors (Lipinski definition) is 6. The minimum Gasteiger partial charge on any atom is -0.466 e. The number of carbonyl (C=O) groups excluding carboxylic acids is 2. The monoisotopic (exact) mass is 1350 g/mol. The molecule has 0 aromatic carbocycles. The smallest absolute Gasteiger partial charge is 0.305 e. The fourth-order valence-electron chi connectivity index (χ4n) is 12.8. The van der Waals surface area contributed by atoms with Crippen LogP contribution >= 0.6 is 0 Å². The number of esters is 1. The molecule has 1 heterocycles. The third-order valence-electron chi connectivity index (χ3n) is 19.3. The van der Waals surface area contributed by atoms with E-state index in [9.17, 15) is 35.1 Å². The predicted molar refractivity (Wildman–Crippen MR) is 407 cm³/mol. The van der Waals surface area contributed by atoms with Crippen molar-refractivity contribution in [2.45, 2.75) is 436 Å². The molecule has 0 radical (unpaired) electrons. The molecule has 0 saturated carbocycles. The Morgan fingerprint density at radius 1 is 0.385 bits per heavy atom. The summed E-state index contributed by atoms with van der Waals surface area (Å²) in [4.78, 5) is 25.2. The van der Waals surface area contributed by atoms with Crippen molar-refractivity contribution in [2.75, 3.05) is 19.8 Å². The van der Waals surface area contributed by atoms with Crippen LogP contribution in [-0.2, 0) is 23.8 Å². The molecule has 11 heteroatoms. The van der Waals surface area contributed by atoms with E-state index in [1.165, 1.54) is 295 Å². The number of carbonyl (C=O) groups is 2. The molecule has 0 aromatic rings. The molecule has 1 aliphatic rings. The molecule has 96 heavy (non-hydrogen) atoms. The van der Waals surface area contributed by atoms with Gasteiger partial charge in [-0.25, -0.2) is 0 Å². The molecule has 0 bridgehead atoms. The second-order valence-electron chi connectivity index (χ2n) is 28.5. The summed E-state index contributed by atoms with van der Waals surface area (Å²) in [5.74, 6) is -0.187. The molecule has 560 valence electrons. The summed E-state index contributed by atoms with van der Waals surface area (Å²) >= 11 is 0. The summed E-state index contributed by atoms with van der Waals surface area (Å²) in [7, 11) is 0. The van der Waals surface area contributed by atoms with Crippen molar-refractivity contribution in [3.8, 4) is 0 Å². The van der Waals surface area contributed by atoms with Gasteiger partial charge in [0.25, 0.3) is 0 Å². The number of aliphatic hydroxyl groups is 5. The number of rotatable bonds is 73. The van der Waals surface area contributed by atoms with E-state index in [0.717, 1.165) is 70.6 Å². The lowest BCUT2D eigenvalue weighted by Gasteiger charge is -2.40. The summed E-state index contributed by atoms with van der Waals surface area (Å²) in [6.45, 7) is 4.33. The zero-order valence-electron chi connectivity index (χ0n) is 62.6. The minimum atomic E-state index is -1.58. The van der Waals surface area contributed by atoms with E-state index in [0.29, 0.717) is 19.4 Å². The number of allylic oxidation sites excluding steroid dienone is 11. The Bertz CT molecular complexity index is 1830. The quantitative estimate of drug-likeness (QED) is 0.0195. The Hall–Kier alpha value is -2.90. The number of amides is 1. The van der Waals surface area contributed by atoms with Crippen molar-refractivity contribution < 1.29 is 49.3 Å². The molecule has 1 rings (SSSR count). The Morgan fingerprint density at radius 3 is 1.11 bits per heavy atom. The summed E-state index contributed by atoms with van der Waals surface area (Å²) in [6, 6.07) is -0.827. The third kappa shape index (κ3) is 61.0. The van der Waals surface area contributed by atoms with Gasteiger partial charge >= 0.3 is 5.97 Å². The first-order chi connectivity index (χ1) is 47.2.